The zero-order valence-electron chi connectivity index (χ0n) is 13.2. The van der Waals surface area contributed by atoms with E-state index < -0.39 is 11.9 Å². The van der Waals surface area contributed by atoms with Crippen molar-refractivity contribution < 1.29 is 14.7 Å². The van der Waals surface area contributed by atoms with Gasteiger partial charge in [-0.15, -0.1) is 0 Å². The van der Waals surface area contributed by atoms with Crippen LogP contribution < -0.4 is 5.32 Å². The first-order valence-electron chi connectivity index (χ1n) is 8.26. The van der Waals surface area contributed by atoms with Gasteiger partial charge in [-0.05, 0) is 51.6 Å². The molecule has 1 aliphatic heterocycles. The van der Waals surface area contributed by atoms with Crippen LogP contribution in [0.15, 0.2) is 0 Å². The number of nitrogens with zero attached hydrogens (tertiary/aromatic N) is 1. The molecule has 1 aliphatic carbocycles. The van der Waals surface area contributed by atoms with Crippen molar-refractivity contribution in [1.82, 2.24) is 10.2 Å². The van der Waals surface area contributed by atoms with Gasteiger partial charge in [0.25, 0.3) is 0 Å². The lowest BCUT2D eigenvalue weighted by atomic mass is 9.95. The highest BCUT2D eigenvalue weighted by molar-refractivity contribution is 5.85. The number of carbonyl (C=O) groups excluding carboxylic acids is 1. The summed E-state index contributed by atoms with van der Waals surface area (Å²) in [6.45, 7) is 7.17. The molecule has 2 aliphatic rings. The molecule has 0 aromatic carbocycles. The molecule has 2 fully saturated rings. The van der Waals surface area contributed by atoms with Crippen molar-refractivity contribution in [1.29, 1.82) is 0 Å². The first-order valence-corrected chi connectivity index (χ1v) is 8.26. The van der Waals surface area contributed by atoms with E-state index >= 15 is 0 Å². The van der Waals surface area contributed by atoms with Crippen molar-refractivity contribution in [2.45, 2.75) is 52.0 Å². The monoisotopic (exact) mass is 296 g/mol. The molecule has 1 saturated carbocycles. The molecule has 0 bridgehead atoms. The van der Waals surface area contributed by atoms with Crippen molar-refractivity contribution in [3.8, 4) is 0 Å². The van der Waals surface area contributed by atoms with Crippen LogP contribution in [0.2, 0.25) is 0 Å². The molecule has 4 atom stereocenters. The topological polar surface area (TPSA) is 69.6 Å². The Morgan fingerprint density at radius 2 is 1.86 bits per heavy atom. The van der Waals surface area contributed by atoms with Gasteiger partial charge in [0.1, 0.15) is 0 Å². The Labute approximate surface area is 127 Å². The van der Waals surface area contributed by atoms with Gasteiger partial charge in [-0.2, -0.15) is 0 Å². The molecule has 5 heteroatoms. The number of carboxylic acids is 1. The molecule has 4 unspecified atom stereocenters. The highest BCUT2D eigenvalue weighted by Crippen LogP contribution is 2.38. The molecule has 2 N–H and O–H groups in total. The molecule has 0 aromatic heterocycles. The second-order valence-corrected chi connectivity index (χ2v) is 6.71. The lowest BCUT2D eigenvalue weighted by Gasteiger charge is -2.23. The fourth-order valence-corrected chi connectivity index (χ4v) is 3.79. The molecule has 120 valence electrons. The van der Waals surface area contributed by atoms with E-state index in [4.69, 9.17) is 0 Å². The predicted molar refractivity (Wildman–Crippen MR) is 80.9 cm³/mol. The van der Waals surface area contributed by atoms with Gasteiger partial charge in [0.2, 0.25) is 5.91 Å². The van der Waals surface area contributed by atoms with E-state index in [0.717, 1.165) is 32.5 Å². The summed E-state index contributed by atoms with van der Waals surface area (Å²) < 4.78 is 0. The van der Waals surface area contributed by atoms with Crippen LogP contribution in [0.25, 0.3) is 0 Å². The number of aliphatic carboxylic acids is 1. The van der Waals surface area contributed by atoms with Crippen LogP contribution in [0, 0.1) is 17.8 Å². The zero-order valence-corrected chi connectivity index (χ0v) is 13.2. The van der Waals surface area contributed by atoms with Gasteiger partial charge in [0.05, 0.1) is 11.8 Å². The van der Waals surface area contributed by atoms with Gasteiger partial charge in [-0.1, -0.05) is 13.3 Å². The van der Waals surface area contributed by atoms with E-state index in [1.807, 2.05) is 6.92 Å². The third kappa shape index (κ3) is 4.19. The first kappa shape index (κ1) is 16.3. The summed E-state index contributed by atoms with van der Waals surface area (Å²) in [5, 5.41) is 12.4. The van der Waals surface area contributed by atoms with Crippen molar-refractivity contribution in [2.24, 2.45) is 17.8 Å². The number of amides is 1. The van der Waals surface area contributed by atoms with E-state index in [9.17, 15) is 14.7 Å². The summed E-state index contributed by atoms with van der Waals surface area (Å²) >= 11 is 0. The third-order valence-corrected chi connectivity index (χ3v) is 5.01. The lowest BCUT2D eigenvalue weighted by molar-refractivity contribution is -0.146. The zero-order chi connectivity index (χ0) is 15.4. The molecule has 2 rings (SSSR count). The minimum Gasteiger partial charge on any atom is -0.481 e. The molecule has 1 saturated heterocycles. The Kier molecular flexibility index (Phi) is 5.62. The van der Waals surface area contributed by atoms with Gasteiger partial charge in [0.15, 0.2) is 0 Å². The molecule has 0 aromatic rings. The first-order chi connectivity index (χ1) is 10.0. The van der Waals surface area contributed by atoms with E-state index in [-0.39, 0.29) is 17.9 Å². The highest BCUT2D eigenvalue weighted by atomic mass is 16.4. The number of rotatable bonds is 6. The Morgan fingerprint density at radius 3 is 2.43 bits per heavy atom. The Bertz CT molecular complexity index is 380. The van der Waals surface area contributed by atoms with Crippen molar-refractivity contribution in [3.63, 3.8) is 0 Å². The molecule has 1 heterocycles. The van der Waals surface area contributed by atoms with Crippen LogP contribution in [0.1, 0.15) is 46.0 Å². The number of hydrogen-bond acceptors (Lipinski definition) is 3. The van der Waals surface area contributed by atoms with Crippen LogP contribution in [-0.4, -0.2) is 47.6 Å². The van der Waals surface area contributed by atoms with Crippen LogP contribution in [0.5, 0.6) is 0 Å². The molecule has 21 heavy (non-hydrogen) atoms. The average Bonchev–Trinajstić information content (AvgIpc) is 3.06. The number of carbonyl (C=O) groups is 2. The van der Waals surface area contributed by atoms with E-state index in [0.29, 0.717) is 12.3 Å². The fraction of sp³-hybridized carbons (Fsp3) is 0.875. The van der Waals surface area contributed by atoms with Gasteiger partial charge in [0, 0.05) is 12.6 Å². The maximum atomic E-state index is 12.4. The summed E-state index contributed by atoms with van der Waals surface area (Å²) in [4.78, 5) is 26.1. The Hall–Kier alpha value is -1.10. The maximum Gasteiger partial charge on any atom is 0.307 e. The van der Waals surface area contributed by atoms with E-state index in [2.05, 4.69) is 17.1 Å². The average molecular weight is 296 g/mol. The normalized spacial score (nSPS) is 31.2. The second kappa shape index (κ2) is 7.25. The second-order valence-electron chi connectivity index (χ2n) is 6.71. The summed E-state index contributed by atoms with van der Waals surface area (Å²) in [6.07, 6.45) is 4.79. The van der Waals surface area contributed by atoms with Gasteiger partial charge in [-0.3, -0.25) is 9.59 Å². The number of carboxylic acid groups (broad SMARTS) is 1. The maximum absolute atomic E-state index is 12.4. The van der Waals surface area contributed by atoms with Gasteiger partial charge >= 0.3 is 5.97 Å². The van der Waals surface area contributed by atoms with Crippen molar-refractivity contribution >= 4 is 11.9 Å². The summed E-state index contributed by atoms with van der Waals surface area (Å²) in [6, 6.07) is 0.0886. The molecule has 0 radical (unpaired) electrons. The lowest BCUT2D eigenvalue weighted by Crippen LogP contribution is -2.44. The van der Waals surface area contributed by atoms with E-state index in [1.54, 1.807) is 0 Å². The highest BCUT2D eigenvalue weighted by Gasteiger charge is 2.42. The minimum atomic E-state index is -0.821. The van der Waals surface area contributed by atoms with Gasteiger partial charge in [-0.25, -0.2) is 0 Å². The van der Waals surface area contributed by atoms with E-state index in [1.165, 1.54) is 12.8 Å². The quantitative estimate of drug-likeness (QED) is 0.783. The minimum absolute atomic E-state index is 0.0648. The molecule has 1 amide bonds. The third-order valence-electron chi connectivity index (χ3n) is 5.01. The SMILES string of the molecule is CCC1CC(C(=O)O)C(C(=O)NC(C)CN2CCCC2)C1. The van der Waals surface area contributed by atoms with Gasteiger partial charge < -0.3 is 15.3 Å². The largest absolute Gasteiger partial charge is 0.481 e. The van der Waals surface area contributed by atoms with Crippen LogP contribution in [0.3, 0.4) is 0 Å². The summed E-state index contributed by atoms with van der Waals surface area (Å²) in [7, 11) is 0. The molecule has 5 nitrogen and oxygen atoms in total. The molecular weight excluding hydrogens is 268 g/mol. The molecule has 0 spiro atoms. The van der Waals surface area contributed by atoms with Crippen LogP contribution >= 0.6 is 0 Å². The smallest absolute Gasteiger partial charge is 0.307 e. The Balaban J connectivity index is 1.87. The Morgan fingerprint density at radius 1 is 1.24 bits per heavy atom. The number of likely N-dealkylation sites (tertiary alicyclic amines) is 1. The summed E-state index contributed by atoms with van der Waals surface area (Å²) in [5.74, 6) is -1.37. The number of hydrogen-bond donors (Lipinski definition) is 2. The summed E-state index contributed by atoms with van der Waals surface area (Å²) in [5.41, 5.74) is 0. The molecular formula is C16H28N2O3. The standard InChI is InChI=1S/C16H28N2O3/c1-3-12-8-13(14(9-12)16(20)21)15(19)17-11(2)10-18-6-4-5-7-18/h11-14H,3-10H2,1-2H3,(H,17,19)(H,20,21). The van der Waals surface area contributed by atoms with Crippen molar-refractivity contribution in [3.05, 3.63) is 0 Å². The number of nitrogens with one attached hydrogen (secondary N) is 1. The van der Waals surface area contributed by atoms with Crippen LogP contribution in [-0.2, 0) is 9.59 Å². The van der Waals surface area contributed by atoms with Crippen molar-refractivity contribution in [2.75, 3.05) is 19.6 Å². The fourth-order valence-electron chi connectivity index (χ4n) is 3.79. The van der Waals surface area contributed by atoms with Crippen LogP contribution in [0.4, 0.5) is 0 Å². The predicted octanol–water partition coefficient (Wildman–Crippen LogP) is 1.72.